The van der Waals surface area contributed by atoms with Gasteiger partial charge in [0.25, 0.3) is 0 Å². The van der Waals surface area contributed by atoms with Crippen molar-refractivity contribution in [2.75, 3.05) is 37.9 Å². The zero-order chi connectivity index (χ0) is 12.3. The Morgan fingerprint density at radius 1 is 1.35 bits per heavy atom. The van der Waals surface area contributed by atoms with Crippen LogP contribution in [-0.2, 0) is 4.74 Å². The molecule has 0 saturated carbocycles. The lowest BCUT2D eigenvalue weighted by molar-refractivity contribution is 0.206. The van der Waals surface area contributed by atoms with Gasteiger partial charge >= 0.3 is 0 Å². The zero-order valence-corrected chi connectivity index (χ0v) is 10.2. The predicted octanol–water partition coefficient (Wildman–Crippen LogP) is 1.90. The Balaban J connectivity index is 2.38. The second-order valence-electron chi connectivity index (χ2n) is 3.98. The van der Waals surface area contributed by atoms with Crippen LogP contribution in [0.3, 0.4) is 0 Å². The summed E-state index contributed by atoms with van der Waals surface area (Å²) in [6, 6.07) is 7.88. The Morgan fingerprint density at radius 2 is 2.18 bits per heavy atom. The molecular formula is C13H17N3O. The Morgan fingerprint density at radius 3 is 2.94 bits per heavy atom. The van der Waals surface area contributed by atoms with Crippen LogP contribution in [0, 0.1) is 0 Å². The van der Waals surface area contributed by atoms with Crippen LogP contribution in [-0.4, -0.2) is 32.3 Å². The highest BCUT2D eigenvalue weighted by Crippen LogP contribution is 2.29. The van der Waals surface area contributed by atoms with Gasteiger partial charge < -0.3 is 15.4 Å². The maximum Gasteiger partial charge on any atom is 0.0724 e. The first-order chi connectivity index (χ1) is 8.24. The minimum Gasteiger partial charge on any atom is -0.396 e. The van der Waals surface area contributed by atoms with Crippen LogP contribution in [0.4, 0.5) is 11.4 Å². The highest BCUT2D eigenvalue weighted by Gasteiger charge is 2.08. The summed E-state index contributed by atoms with van der Waals surface area (Å²) in [6.45, 7) is 1.49. The number of hydrogen-bond acceptors (Lipinski definition) is 4. The smallest absolute Gasteiger partial charge is 0.0724 e. The standard InChI is InChI=1S/C13H17N3O/c1-16(8-9-17-2)12-6-5-11-10(13(12)14)4-3-7-15-11/h3-7H,8-9,14H2,1-2H3. The summed E-state index contributed by atoms with van der Waals surface area (Å²) in [5.74, 6) is 0. The van der Waals surface area contributed by atoms with E-state index in [1.807, 2.05) is 31.3 Å². The van der Waals surface area contributed by atoms with E-state index >= 15 is 0 Å². The first-order valence-electron chi connectivity index (χ1n) is 5.57. The molecule has 2 N–H and O–H groups in total. The summed E-state index contributed by atoms with van der Waals surface area (Å²) in [6.07, 6.45) is 1.77. The summed E-state index contributed by atoms with van der Waals surface area (Å²) < 4.78 is 5.07. The van der Waals surface area contributed by atoms with E-state index < -0.39 is 0 Å². The van der Waals surface area contributed by atoms with Crippen LogP contribution in [0.5, 0.6) is 0 Å². The Kier molecular flexibility index (Phi) is 3.44. The Hall–Kier alpha value is -1.81. The molecule has 1 aromatic heterocycles. The second-order valence-corrected chi connectivity index (χ2v) is 3.98. The number of fused-ring (bicyclic) bond motifs is 1. The molecule has 1 heterocycles. The van der Waals surface area contributed by atoms with Crippen molar-refractivity contribution in [3.8, 4) is 0 Å². The van der Waals surface area contributed by atoms with Crippen molar-refractivity contribution in [3.63, 3.8) is 0 Å². The number of likely N-dealkylation sites (N-methyl/N-ethyl adjacent to an activating group) is 1. The number of nitrogens with zero attached hydrogens (tertiary/aromatic N) is 2. The fraction of sp³-hybridized carbons (Fsp3) is 0.308. The van der Waals surface area contributed by atoms with E-state index in [1.54, 1.807) is 13.3 Å². The van der Waals surface area contributed by atoms with Crippen LogP contribution in [0.1, 0.15) is 0 Å². The van der Waals surface area contributed by atoms with E-state index in [0.717, 1.165) is 28.8 Å². The maximum atomic E-state index is 6.17. The lowest BCUT2D eigenvalue weighted by atomic mass is 10.1. The van der Waals surface area contributed by atoms with E-state index in [2.05, 4.69) is 9.88 Å². The maximum absolute atomic E-state index is 6.17. The van der Waals surface area contributed by atoms with Gasteiger partial charge in [-0.15, -0.1) is 0 Å². The molecule has 90 valence electrons. The molecule has 4 nitrogen and oxygen atoms in total. The van der Waals surface area contributed by atoms with Gasteiger partial charge in [0.15, 0.2) is 0 Å². The molecule has 0 unspecified atom stereocenters. The minimum atomic E-state index is 0.682. The van der Waals surface area contributed by atoms with Crippen LogP contribution < -0.4 is 10.6 Å². The molecule has 2 aromatic rings. The topological polar surface area (TPSA) is 51.4 Å². The van der Waals surface area contributed by atoms with Gasteiger partial charge in [-0.2, -0.15) is 0 Å². The van der Waals surface area contributed by atoms with E-state index in [4.69, 9.17) is 10.5 Å². The fourth-order valence-corrected chi connectivity index (χ4v) is 1.85. The summed E-state index contributed by atoms with van der Waals surface area (Å²) in [5.41, 5.74) is 8.88. The normalized spacial score (nSPS) is 10.7. The summed E-state index contributed by atoms with van der Waals surface area (Å²) in [7, 11) is 3.70. The van der Waals surface area contributed by atoms with Crippen molar-refractivity contribution >= 4 is 22.3 Å². The van der Waals surface area contributed by atoms with Gasteiger partial charge in [0, 0.05) is 32.3 Å². The van der Waals surface area contributed by atoms with Crippen molar-refractivity contribution in [2.45, 2.75) is 0 Å². The summed E-state index contributed by atoms with van der Waals surface area (Å²) >= 11 is 0. The molecule has 0 amide bonds. The number of hydrogen-bond donors (Lipinski definition) is 1. The van der Waals surface area contributed by atoms with E-state index in [-0.39, 0.29) is 0 Å². The van der Waals surface area contributed by atoms with Crippen LogP contribution in [0.25, 0.3) is 10.9 Å². The van der Waals surface area contributed by atoms with Gasteiger partial charge in [-0.25, -0.2) is 0 Å². The van der Waals surface area contributed by atoms with Crippen molar-refractivity contribution in [1.82, 2.24) is 4.98 Å². The molecule has 0 aliphatic heterocycles. The number of benzene rings is 1. The molecule has 0 aliphatic carbocycles. The lowest BCUT2D eigenvalue weighted by Gasteiger charge is -2.21. The van der Waals surface area contributed by atoms with Gasteiger partial charge in [-0.1, -0.05) is 0 Å². The van der Waals surface area contributed by atoms with Crippen LogP contribution >= 0.6 is 0 Å². The molecule has 0 bridgehead atoms. The van der Waals surface area contributed by atoms with Gasteiger partial charge in [-0.05, 0) is 24.3 Å². The first-order valence-corrected chi connectivity index (χ1v) is 5.57. The summed E-state index contributed by atoms with van der Waals surface area (Å²) in [4.78, 5) is 6.37. The Labute approximate surface area is 101 Å². The molecule has 0 atom stereocenters. The van der Waals surface area contributed by atoms with Crippen molar-refractivity contribution in [1.29, 1.82) is 0 Å². The number of pyridine rings is 1. The summed E-state index contributed by atoms with van der Waals surface area (Å²) in [5, 5.41) is 0.995. The van der Waals surface area contributed by atoms with E-state index in [0.29, 0.717) is 6.61 Å². The molecule has 4 heteroatoms. The van der Waals surface area contributed by atoms with Crippen molar-refractivity contribution < 1.29 is 4.74 Å². The zero-order valence-electron chi connectivity index (χ0n) is 10.2. The average Bonchev–Trinajstić information content (AvgIpc) is 2.37. The number of rotatable bonds is 4. The van der Waals surface area contributed by atoms with Gasteiger partial charge in [0.2, 0.25) is 0 Å². The largest absolute Gasteiger partial charge is 0.396 e. The molecule has 0 radical (unpaired) electrons. The molecule has 0 fully saturated rings. The molecule has 1 aromatic carbocycles. The van der Waals surface area contributed by atoms with Crippen LogP contribution in [0.2, 0.25) is 0 Å². The fourth-order valence-electron chi connectivity index (χ4n) is 1.85. The highest BCUT2D eigenvalue weighted by molar-refractivity contribution is 5.97. The minimum absolute atomic E-state index is 0.682. The molecule has 0 saturated heterocycles. The number of aromatic nitrogens is 1. The van der Waals surface area contributed by atoms with Crippen LogP contribution in [0.15, 0.2) is 30.5 Å². The molecular weight excluding hydrogens is 214 g/mol. The van der Waals surface area contributed by atoms with Gasteiger partial charge in [0.1, 0.15) is 0 Å². The third-order valence-corrected chi connectivity index (χ3v) is 2.85. The number of nitrogen functional groups attached to an aromatic ring is 1. The molecule has 0 aliphatic rings. The average molecular weight is 231 g/mol. The molecule has 0 spiro atoms. The van der Waals surface area contributed by atoms with Gasteiger partial charge in [-0.3, -0.25) is 4.98 Å². The highest BCUT2D eigenvalue weighted by atomic mass is 16.5. The Bertz CT molecular complexity index is 513. The van der Waals surface area contributed by atoms with Crippen molar-refractivity contribution in [2.24, 2.45) is 0 Å². The lowest BCUT2D eigenvalue weighted by Crippen LogP contribution is -2.23. The molecule has 17 heavy (non-hydrogen) atoms. The van der Waals surface area contributed by atoms with Crippen molar-refractivity contribution in [3.05, 3.63) is 30.5 Å². The number of methoxy groups -OCH3 is 1. The number of anilines is 2. The van der Waals surface area contributed by atoms with E-state index in [1.165, 1.54) is 0 Å². The monoisotopic (exact) mass is 231 g/mol. The SMILES string of the molecule is COCCN(C)c1ccc2ncccc2c1N. The predicted molar refractivity (Wildman–Crippen MR) is 71.3 cm³/mol. The van der Waals surface area contributed by atoms with Gasteiger partial charge in [0.05, 0.1) is 23.5 Å². The molecule has 2 rings (SSSR count). The first kappa shape index (κ1) is 11.7. The number of ether oxygens (including phenoxy) is 1. The quantitative estimate of drug-likeness (QED) is 0.816. The number of nitrogens with two attached hydrogens (primary N) is 1. The van der Waals surface area contributed by atoms with E-state index in [9.17, 15) is 0 Å². The third-order valence-electron chi connectivity index (χ3n) is 2.85. The third kappa shape index (κ3) is 2.31. The second kappa shape index (κ2) is 5.01.